The van der Waals surface area contributed by atoms with Crippen LogP contribution in [0.25, 0.3) is 0 Å². The lowest BCUT2D eigenvalue weighted by molar-refractivity contribution is -0.125. The normalized spacial score (nSPS) is 45.0. The predicted octanol–water partition coefficient (Wildman–Crippen LogP) is 3.53. The van der Waals surface area contributed by atoms with Gasteiger partial charge in [0.1, 0.15) is 5.78 Å². The van der Waals surface area contributed by atoms with Gasteiger partial charge in [-0.25, -0.2) is 0 Å². The van der Waals surface area contributed by atoms with E-state index in [4.69, 9.17) is 0 Å². The van der Waals surface area contributed by atoms with E-state index in [1.165, 1.54) is 12.0 Å². The van der Waals surface area contributed by atoms with E-state index in [0.717, 1.165) is 51.9 Å². The standard InChI is InChI=1S/C25H36N2O2/c1-16(28)20-6-7-21-19-5-4-17-14-18(29)15-23(27-12-10-26-11-13-27)25(17,3)22(19)8-9-24(20,21)2/h8,14,19-21,23,26H,4-7,9-13,15H2,1-3H3/t19-,20+,21-,23?,24+,25-/m0/s1. The monoisotopic (exact) mass is 396 g/mol. The second-order valence-corrected chi connectivity index (χ2v) is 10.7. The van der Waals surface area contributed by atoms with Gasteiger partial charge in [0.25, 0.3) is 0 Å². The van der Waals surface area contributed by atoms with Gasteiger partial charge in [0.05, 0.1) is 0 Å². The second-order valence-electron chi connectivity index (χ2n) is 10.7. The van der Waals surface area contributed by atoms with Crippen LogP contribution in [0.4, 0.5) is 0 Å². The first-order chi connectivity index (χ1) is 13.9. The zero-order chi connectivity index (χ0) is 20.4. The first-order valence-electron chi connectivity index (χ1n) is 11.8. The Balaban J connectivity index is 1.56. The Bertz CT molecular complexity index is 793. The first kappa shape index (κ1) is 19.7. The number of fused-ring (bicyclic) bond motifs is 5. The van der Waals surface area contributed by atoms with Gasteiger partial charge in [-0.1, -0.05) is 31.1 Å². The molecule has 29 heavy (non-hydrogen) atoms. The largest absolute Gasteiger partial charge is 0.314 e. The van der Waals surface area contributed by atoms with Crippen LogP contribution >= 0.6 is 0 Å². The minimum absolute atomic E-state index is 0.0101. The number of hydrogen-bond donors (Lipinski definition) is 1. The van der Waals surface area contributed by atoms with Crippen LogP contribution < -0.4 is 5.32 Å². The van der Waals surface area contributed by atoms with Crippen LogP contribution in [0.2, 0.25) is 0 Å². The van der Waals surface area contributed by atoms with Crippen molar-refractivity contribution in [2.75, 3.05) is 26.2 Å². The molecule has 6 atom stereocenters. The van der Waals surface area contributed by atoms with E-state index < -0.39 is 0 Å². The van der Waals surface area contributed by atoms with E-state index in [2.05, 4.69) is 30.1 Å². The summed E-state index contributed by atoms with van der Waals surface area (Å²) in [5, 5.41) is 3.47. The molecular formula is C25H36N2O2. The quantitative estimate of drug-likeness (QED) is 0.726. The molecule has 0 radical (unpaired) electrons. The molecule has 3 fully saturated rings. The topological polar surface area (TPSA) is 49.4 Å². The summed E-state index contributed by atoms with van der Waals surface area (Å²) in [6, 6.07) is 0.292. The second kappa shape index (κ2) is 6.88. The van der Waals surface area contributed by atoms with Gasteiger partial charge in [0.15, 0.2) is 5.78 Å². The number of Topliss-reactive ketones (excluding diaryl/α,β-unsaturated/α-hetero) is 1. The van der Waals surface area contributed by atoms with Crippen LogP contribution in [0, 0.1) is 28.6 Å². The number of carbonyl (C=O) groups is 2. The average molecular weight is 397 g/mol. The fraction of sp³-hybridized carbons (Fsp3) is 0.760. The zero-order valence-corrected chi connectivity index (χ0v) is 18.3. The molecule has 4 aliphatic carbocycles. The summed E-state index contributed by atoms with van der Waals surface area (Å²) in [5.74, 6) is 2.14. The highest BCUT2D eigenvalue weighted by molar-refractivity contribution is 5.93. The van der Waals surface area contributed by atoms with Crippen molar-refractivity contribution >= 4 is 11.6 Å². The molecule has 0 bridgehead atoms. The van der Waals surface area contributed by atoms with E-state index in [1.807, 2.05) is 6.08 Å². The number of carbonyl (C=O) groups excluding carboxylic acids is 2. The van der Waals surface area contributed by atoms with Crippen molar-refractivity contribution in [2.45, 2.75) is 65.3 Å². The summed E-state index contributed by atoms with van der Waals surface area (Å²) >= 11 is 0. The van der Waals surface area contributed by atoms with Crippen LogP contribution in [0.15, 0.2) is 23.3 Å². The number of allylic oxidation sites excluding steroid dienone is 2. The Morgan fingerprint density at radius 1 is 1.17 bits per heavy atom. The molecule has 0 spiro atoms. The third-order valence-corrected chi connectivity index (χ3v) is 9.53. The molecule has 158 valence electrons. The SMILES string of the molecule is CC(=O)[C@H]1CC[C@H]2[C@@H]3CCC4=CC(=O)CC(N5CCNCC5)[C@]4(C)C3=CC[C@]12C. The Kier molecular flexibility index (Phi) is 4.67. The van der Waals surface area contributed by atoms with Gasteiger partial charge in [0, 0.05) is 50.0 Å². The van der Waals surface area contributed by atoms with E-state index in [0.29, 0.717) is 35.9 Å². The van der Waals surface area contributed by atoms with Gasteiger partial charge in [0.2, 0.25) is 0 Å². The van der Waals surface area contributed by atoms with Gasteiger partial charge < -0.3 is 5.32 Å². The highest BCUT2D eigenvalue weighted by Gasteiger charge is 2.59. The van der Waals surface area contributed by atoms with E-state index >= 15 is 0 Å². The van der Waals surface area contributed by atoms with E-state index in [1.54, 1.807) is 12.5 Å². The maximum absolute atomic E-state index is 12.6. The van der Waals surface area contributed by atoms with Gasteiger partial charge in [-0.15, -0.1) is 0 Å². The van der Waals surface area contributed by atoms with Crippen molar-refractivity contribution in [2.24, 2.45) is 28.6 Å². The lowest BCUT2D eigenvalue weighted by Crippen LogP contribution is -2.59. The average Bonchev–Trinajstić information content (AvgIpc) is 3.06. The Labute approximate surface area is 175 Å². The summed E-state index contributed by atoms with van der Waals surface area (Å²) in [4.78, 5) is 27.6. The van der Waals surface area contributed by atoms with E-state index in [-0.39, 0.29) is 16.7 Å². The van der Waals surface area contributed by atoms with Crippen LogP contribution in [0.1, 0.15) is 59.3 Å². The maximum Gasteiger partial charge on any atom is 0.157 e. The highest BCUT2D eigenvalue weighted by atomic mass is 16.1. The van der Waals surface area contributed by atoms with Gasteiger partial charge >= 0.3 is 0 Å². The van der Waals surface area contributed by atoms with Crippen molar-refractivity contribution in [3.05, 3.63) is 23.3 Å². The van der Waals surface area contributed by atoms with Crippen molar-refractivity contribution < 1.29 is 9.59 Å². The number of nitrogens with zero attached hydrogens (tertiary/aromatic N) is 1. The molecular weight excluding hydrogens is 360 g/mol. The molecule has 0 aromatic carbocycles. The van der Waals surface area contributed by atoms with Crippen LogP contribution in [-0.4, -0.2) is 48.7 Å². The van der Waals surface area contributed by atoms with Crippen molar-refractivity contribution in [3.63, 3.8) is 0 Å². The zero-order valence-electron chi connectivity index (χ0n) is 18.3. The summed E-state index contributed by atoms with van der Waals surface area (Å²) in [6.45, 7) is 10.7. The number of nitrogens with one attached hydrogen (secondary N) is 1. The molecule has 0 amide bonds. The van der Waals surface area contributed by atoms with Crippen LogP contribution in [-0.2, 0) is 9.59 Å². The molecule has 0 aromatic rings. The van der Waals surface area contributed by atoms with Crippen molar-refractivity contribution in [1.29, 1.82) is 0 Å². The van der Waals surface area contributed by atoms with Gasteiger partial charge in [-0.2, -0.15) is 0 Å². The molecule has 4 heteroatoms. The van der Waals surface area contributed by atoms with Crippen molar-refractivity contribution in [1.82, 2.24) is 10.2 Å². The van der Waals surface area contributed by atoms with Crippen molar-refractivity contribution in [3.8, 4) is 0 Å². The maximum atomic E-state index is 12.6. The Morgan fingerprint density at radius 3 is 2.66 bits per heavy atom. The third-order valence-electron chi connectivity index (χ3n) is 9.53. The first-order valence-corrected chi connectivity index (χ1v) is 11.8. The Hall–Kier alpha value is -1.26. The minimum atomic E-state index is -0.0101. The number of piperazine rings is 1. The molecule has 2 saturated carbocycles. The fourth-order valence-corrected chi connectivity index (χ4v) is 8.06. The van der Waals surface area contributed by atoms with Crippen LogP contribution in [0.3, 0.4) is 0 Å². The molecule has 1 heterocycles. The number of ketones is 2. The number of rotatable bonds is 2. The smallest absolute Gasteiger partial charge is 0.157 e. The highest BCUT2D eigenvalue weighted by Crippen LogP contribution is 2.65. The van der Waals surface area contributed by atoms with Gasteiger partial charge in [-0.3, -0.25) is 14.5 Å². The molecule has 1 N–H and O–H groups in total. The molecule has 5 rings (SSSR count). The molecule has 1 unspecified atom stereocenters. The summed E-state index contributed by atoms with van der Waals surface area (Å²) in [5.41, 5.74) is 3.11. The fourth-order valence-electron chi connectivity index (χ4n) is 8.06. The Morgan fingerprint density at radius 2 is 1.93 bits per heavy atom. The molecule has 0 aromatic heterocycles. The molecule has 1 saturated heterocycles. The lowest BCUT2D eigenvalue weighted by atomic mass is 9.49. The van der Waals surface area contributed by atoms with E-state index in [9.17, 15) is 9.59 Å². The summed E-state index contributed by atoms with van der Waals surface area (Å²) in [7, 11) is 0. The summed E-state index contributed by atoms with van der Waals surface area (Å²) < 4.78 is 0. The van der Waals surface area contributed by atoms with Gasteiger partial charge in [-0.05, 0) is 62.4 Å². The van der Waals surface area contributed by atoms with Crippen LogP contribution in [0.5, 0.6) is 0 Å². The summed E-state index contributed by atoms with van der Waals surface area (Å²) in [6.07, 6.45) is 10.7. The molecule has 1 aliphatic heterocycles. The number of hydrogen-bond acceptors (Lipinski definition) is 4. The molecule has 4 nitrogen and oxygen atoms in total. The lowest BCUT2D eigenvalue weighted by Gasteiger charge is -2.57. The minimum Gasteiger partial charge on any atom is -0.314 e. The predicted molar refractivity (Wildman–Crippen MR) is 114 cm³/mol. The third kappa shape index (κ3) is 2.78. The molecule has 5 aliphatic rings.